The third-order valence-corrected chi connectivity index (χ3v) is 5.64. The Morgan fingerprint density at radius 2 is 1.70 bits per heavy atom. The van der Waals surface area contributed by atoms with E-state index in [0.717, 1.165) is 22.6 Å². The summed E-state index contributed by atoms with van der Waals surface area (Å²) < 4.78 is 16.3. The first-order valence-electron chi connectivity index (χ1n) is 10.9. The Labute approximate surface area is 193 Å². The number of nitrogens with zero attached hydrogens (tertiary/aromatic N) is 4. The number of amides is 1. The zero-order chi connectivity index (χ0) is 23.2. The Bertz CT molecular complexity index is 1100. The fourth-order valence-corrected chi connectivity index (χ4v) is 3.77. The molecule has 2 heterocycles. The lowest BCUT2D eigenvalue weighted by Crippen LogP contribution is -2.50. The average molecular weight is 449 g/mol. The Morgan fingerprint density at radius 1 is 0.909 bits per heavy atom. The molecule has 0 atom stereocenters. The highest BCUT2D eigenvalue weighted by Gasteiger charge is 2.22. The normalized spacial score (nSPS) is 13.5. The van der Waals surface area contributed by atoms with Gasteiger partial charge in [0.2, 0.25) is 0 Å². The van der Waals surface area contributed by atoms with Gasteiger partial charge in [0.1, 0.15) is 5.75 Å². The summed E-state index contributed by atoms with van der Waals surface area (Å²) in [5, 5.41) is 8.80. The molecule has 1 fully saturated rings. The molecular formula is C25H28N4O4. The summed E-state index contributed by atoms with van der Waals surface area (Å²) >= 11 is 0. The van der Waals surface area contributed by atoms with Crippen LogP contribution in [0.4, 0.5) is 5.82 Å². The molecule has 1 saturated heterocycles. The Kier molecular flexibility index (Phi) is 6.92. The summed E-state index contributed by atoms with van der Waals surface area (Å²) in [4.78, 5) is 16.5. The highest BCUT2D eigenvalue weighted by atomic mass is 16.5. The van der Waals surface area contributed by atoms with Crippen LogP contribution in [0.5, 0.6) is 17.2 Å². The summed E-state index contributed by atoms with van der Waals surface area (Å²) in [6.45, 7) is 4.67. The number of methoxy groups -OCH3 is 2. The molecule has 172 valence electrons. The number of rotatable bonds is 7. The number of piperazine rings is 1. The molecule has 8 nitrogen and oxygen atoms in total. The van der Waals surface area contributed by atoms with Crippen LogP contribution in [-0.2, 0) is 4.79 Å². The lowest BCUT2D eigenvalue weighted by molar-refractivity contribution is -0.133. The van der Waals surface area contributed by atoms with Gasteiger partial charge in [-0.2, -0.15) is 0 Å². The van der Waals surface area contributed by atoms with Crippen LogP contribution in [0.3, 0.4) is 0 Å². The van der Waals surface area contributed by atoms with Crippen LogP contribution in [0.25, 0.3) is 11.3 Å². The maximum atomic E-state index is 12.5. The van der Waals surface area contributed by atoms with Gasteiger partial charge in [0.25, 0.3) is 5.91 Å². The number of anilines is 1. The molecular weight excluding hydrogens is 420 g/mol. The lowest BCUT2D eigenvalue weighted by atomic mass is 10.1. The fraction of sp³-hybridized carbons (Fsp3) is 0.320. The van der Waals surface area contributed by atoms with Crippen molar-refractivity contribution >= 4 is 11.7 Å². The molecule has 3 aromatic rings. The zero-order valence-electron chi connectivity index (χ0n) is 19.2. The number of carbonyl (C=O) groups excluding carboxylic acids is 1. The molecule has 2 aromatic carbocycles. The first-order valence-corrected chi connectivity index (χ1v) is 10.9. The largest absolute Gasteiger partial charge is 0.493 e. The lowest BCUT2D eigenvalue weighted by Gasteiger charge is -2.35. The van der Waals surface area contributed by atoms with Crippen LogP contribution in [0.1, 0.15) is 5.56 Å². The van der Waals surface area contributed by atoms with Crippen molar-refractivity contribution in [2.75, 3.05) is 51.9 Å². The standard InChI is InChI=1S/C25H28N4O4/c1-18-5-4-6-20(15-18)33-17-25(30)29-13-11-28(12-14-29)24-10-8-21(26-27-24)19-7-9-22(31-2)23(16-19)32-3/h4-10,15-16H,11-14,17H2,1-3H3. The number of benzene rings is 2. The minimum Gasteiger partial charge on any atom is -0.493 e. The Balaban J connectivity index is 1.32. The van der Waals surface area contributed by atoms with Crippen LogP contribution < -0.4 is 19.1 Å². The van der Waals surface area contributed by atoms with Gasteiger partial charge in [-0.1, -0.05) is 12.1 Å². The van der Waals surface area contributed by atoms with Crippen molar-refractivity contribution in [2.24, 2.45) is 0 Å². The summed E-state index contributed by atoms with van der Waals surface area (Å²) in [5.74, 6) is 2.82. The van der Waals surface area contributed by atoms with Crippen LogP contribution in [0.2, 0.25) is 0 Å². The molecule has 8 heteroatoms. The maximum Gasteiger partial charge on any atom is 0.260 e. The molecule has 0 aliphatic carbocycles. The van der Waals surface area contributed by atoms with Crippen LogP contribution in [0.15, 0.2) is 54.6 Å². The van der Waals surface area contributed by atoms with E-state index in [4.69, 9.17) is 14.2 Å². The van der Waals surface area contributed by atoms with Crippen LogP contribution in [0, 0.1) is 6.92 Å². The van der Waals surface area contributed by atoms with E-state index < -0.39 is 0 Å². The molecule has 33 heavy (non-hydrogen) atoms. The van der Waals surface area contributed by atoms with Gasteiger partial charge in [-0.3, -0.25) is 4.79 Å². The maximum absolute atomic E-state index is 12.5. The molecule has 0 N–H and O–H groups in total. The van der Waals surface area contributed by atoms with Crippen molar-refractivity contribution in [3.05, 3.63) is 60.2 Å². The van der Waals surface area contributed by atoms with E-state index in [9.17, 15) is 4.79 Å². The molecule has 1 amide bonds. The van der Waals surface area contributed by atoms with Gasteiger partial charge in [0, 0.05) is 31.7 Å². The summed E-state index contributed by atoms with van der Waals surface area (Å²) in [7, 11) is 3.21. The number of aromatic nitrogens is 2. The topological polar surface area (TPSA) is 77.0 Å². The van der Waals surface area contributed by atoms with E-state index in [1.54, 1.807) is 14.2 Å². The van der Waals surface area contributed by atoms with Gasteiger partial charge in [-0.05, 0) is 55.0 Å². The van der Waals surface area contributed by atoms with Gasteiger partial charge < -0.3 is 24.0 Å². The fourth-order valence-electron chi connectivity index (χ4n) is 3.77. The van der Waals surface area contributed by atoms with Gasteiger partial charge in [-0.15, -0.1) is 10.2 Å². The SMILES string of the molecule is COc1ccc(-c2ccc(N3CCN(C(=O)COc4cccc(C)c4)CC3)nn2)cc1OC. The second-order valence-electron chi connectivity index (χ2n) is 7.82. The minimum absolute atomic E-state index is 0.00830. The number of ether oxygens (including phenoxy) is 3. The van der Waals surface area contributed by atoms with Crippen molar-refractivity contribution in [2.45, 2.75) is 6.92 Å². The highest BCUT2D eigenvalue weighted by molar-refractivity contribution is 5.78. The molecule has 0 saturated carbocycles. The second-order valence-corrected chi connectivity index (χ2v) is 7.82. The number of hydrogen-bond acceptors (Lipinski definition) is 7. The van der Waals surface area contributed by atoms with Crippen molar-refractivity contribution in [3.63, 3.8) is 0 Å². The molecule has 0 radical (unpaired) electrons. The van der Waals surface area contributed by atoms with Gasteiger partial charge in [-0.25, -0.2) is 0 Å². The molecule has 1 aliphatic heterocycles. The number of hydrogen-bond donors (Lipinski definition) is 0. The van der Waals surface area contributed by atoms with Crippen molar-refractivity contribution in [3.8, 4) is 28.5 Å². The summed E-state index contributed by atoms with van der Waals surface area (Å²) in [5.41, 5.74) is 2.75. The van der Waals surface area contributed by atoms with Crippen LogP contribution in [-0.4, -0.2) is 68.0 Å². The molecule has 4 rings (SSSR count). The van der Waals surface area contributed by atoms with Gasteiger partial charge in [0.05, 0.1) is 19.9 Å². The Morgan fingerprint density at radius 3 is 2.36 bits per heavy atom. The summed E-state index contributed by atoms with van der Waals surface area (Å²) in [6, 6.07) is 17.3. The molecule has 0 unspecified atom stereocenters. The van der Waals surface area contributed by atoms with E-state index in [1.807, 2.05) is 66.4 Å². The van der Waals surface area contributed by atoms with E-state index in [2.05, 4.69) is 15.1 Å². The second kappa shape index (κ2) is 10.2. The van der Waals surface area contributed by atoms with E-state index in [0.29, 0.717) is 43.4 Å². The van der Waals surface area contributed by atoms with E-state index in [1.165, 1.54) is 0 Å². The van der Waals surface area contributed by atoms with Gasteiger partial charge in [0.15, 0.2) is 23.9 Å². The molecule has 0 bridgehead atoms. The summed E-state index contributed by atoms with van der Waals surface area (Å²) in [6.07, 6.45) is 0. The van der Waals surface area contributed by atoms with E-state index >= 15 is 0 Å². The van der Waals surface area contributed by atoms with Crippen molar-refractivity contribution in [1.29, 1.82) is 0 Å². The highest BCUT2D eigenvalue weighted by Crippen LogP contribution is 2.31. The minimum atomic E-state index is -0.00830. The first kappa shape index (κ1) is 22.4. The monoisotopic (exact) mass is 448 g/mol. The third kappa shape index (κ3) is 5.34. The van der Waals surface area contributed by atoms with Crippen molar-refractivity contribution < 1.29 is 19.0 Å². The molecule has 0 spiro atoms. The smallest absolute Gasteiger partial charge is 0.260 e. The van der Waals surface area contributed by atoms with Gasteiger partial charge >= 0.3 is 0 Å². The average Bonchev–Trinajstić information content (AvgIpc) is 2.87. The quantitative estimate of drug-likeness (QED) is 0.549. The van der Waals surface area contributed by atoms with E-state index in [-0.39, 0.29) is 12.5 Å². The number of carbonyl (C=O) groups is 1. The molecule has 1 aliphatic rings. The number of aryl methyl sites for hydroxylation is 1. The predicted octanol–water partition coefficient (Wildman–Crippen LogP) is 3.20. The first-order chi connectivity index (χ1) is 16.1. The van der Waals surface area contributed by atoms with Crippen molar-refractivity contribution in [1.82, 2.24) is 15.1 Å². The predicted molar refractivity (Wildman–Crippen MR) is 126 cm³/mol. The Hall–Kier alpha value is -3.81. The zero-order valence-corrected chi connectivity index (χ0v) is 19.2. The molecule has 1 aromatic heterocycles. The third-order valence-electron chi connectivity index (χ3n) is 5.64. The van der Waals surface area contributed by atoms with Crippen LogP contribution >= 0.6 is 0 Å².